The molecule has 1 N–H and O–H groups in total. The van der Waals surface area contributed by atoms with Crippen LogP contribution in [0.3, 0.4) is 0 Å². The predicted molar refractivity (Wildman–Crippen MR) is 67.7 cm³/mol. The average Bonchev–Trinajstić information content (AvgIpc) is 2.77. The Kier molecular flexibility index (Phi) is 3.77. The molecule has 1 aromatic carbocycles. The van der Waals surface area contributed by atoms with Crippen molar-refractivity contribution < 1.29 is 14.3 Å². The number of carbonyl (C=O) groups is 2. The molecule has 1 aromatic rings. The van der Waals surface area contributed by atoms with Crippen LogP contribution in [0.4, 0.5) is 0 Å². The van der Waals surface area contributed by atoms with Gasteiger partial charge in [0.1, 0.15) is 0 Å². The number of fused-ring (bicyclic) bond motifs is 1. The van der Waals surface area contributed by atoms with Crippen molar-refractivity contribution >= 4 is 11.8 Å². The molecule has 18 heavy (non-hydrogen) atoms. The molecule has 0 bridgehead atoms. The predicted octanol–water partition coefficient (Wildman–Crippen LogP) is 1.12. The van der Waals surface area contributed by atoms with Crippen molar-refractivity contribution in [2.45, 2.75) is 25.8 Å². The molecule has 4 heteroatoms. The summed E-state index contributed by atoms with van der Waals surface area (Å²) in [5.41, 5.74) is 3.20. The molecule has 0 saturated heterocycles. The van der Waals surface area contributed by atoms with Gasteiger partial charge >= 0.3 is 5.97 Å². The van der Waals surface area contributed by atoms with Crippen LogP contribution in [-0.2, 0) is 22.4 Å². The van der Waals surface area contributed by atoms with Gasteiger partial charge in [0.2, 0.25) is 0 Å². The van der Waals surface area contributed by atoms with Crippen LogP contribution in [0.25, 0.3) is 0 Å². The fourth-order valence-corrected chi connectivity index (χ4v) is 2.28. The third-order valence-corrected chi connectivity index (χ3v) is 3.31. The first-order valence-corrected chi connectivity index (χ1v) is 6.03. The van der Waals surface area contributed by atoms with Gasteiger partial charge in [0, 0.05) is 11.6 Å². The van der Waals surface area contributed by atoms with E-state index in [0.29, 0.717) is 0 Å². The van der Waals surface area contributed by atoms with Crippen molar-refractivity contribution in [1.29, 1.82) is 0 Å². The SMILES string of the molecule is COC(=O)CNC1Cc2ccc(C(C)=O)cc2C1. The van der Waals surface area contributed by atoms with E-state index in [0.717, 1.165) is 18.4 Å². The highest BCUT2D eigenvalue weighted by molar-refractivity contribution is 5.94. The number of ether oxygens (including phenoxy) is 1. The maximum absolute atomic E-state index is 11.3. The number of carbonyl (C=O) groups excluding carboxylic acids is 2. The summed E-state index contributed by atoms with van der Waals surface area (Å²) >= 11 is 0. The van der Waals surface area contributed by atoms with Gasteiger partial charge < -0.3 is 10.1 Å². The molecular formula is C14H17NO3. The number of Topliss-reactive ketones (excluding diaryl/α,β-unsaturated/α-hetero) is 1. The zero-order valence-electron chi connectivity index (χ0n) is 10.7. The normalized spacial score (nSPS) is 17.3. The van der Waals surface area contributed by atoms with Crippen molar-refractivity contribution in [2.75, 3.05) is 13.7 Å². The van der Waals surface area contributed by atoms with E-state index in [1.54, 1.807) is 6.92 Å². The lowest BCUT2D eigenvalue weighted by atomic mass is 10.0. The Hall–Kier alpha value is -1.68. The molecule has 0 radical (unpaired) electrons. The van der Waals surface area contributed by atoms with E-state index in [4.69, 9.17) is 0 Å². The molecule has 2 rings (SSSR count). The van der Waals surface area contributed by atoms with Gasteiger partial charge in [0.25, 0.3) is 0 Å². The van der Waals surface area contributed by atoms with E-state index in [1.165, 1.54) is 18.2 Å². The molecule has 1 aliphatic carbocycles. The molecule has 0 spiro atoms. The van der Waals surface area contributed by atoms with E-state index < -0.39 is 0 Å². The monoisotopic (exact) mass is 247 g/mol. The lowest BCUT2D eigenvalue weighted by molar-refractivity contribution is -0.139. The Bertz CT molecular complexity index is 482. The molecule has 4 nitrogen and oxygen atoms in total. The number of ketones is 1. The molecule has 0 heterocycles. The summed E-state index contributed by atoms with van der Waals surface area (Å²) in [5.74, 6) is -0.167. The summed E-state index contributed by atoms with van der Waals surface area (Å²) in [4.78, 5) is 22.4. The molecule has 0 aromatic heterocycles. The smallest absolute Gasteiger partial charge is 0.319 e. The van der Waals surface area contributed by atoms with Crippen LogP contribution < -0.4 is 5.32 Å². The Morgan fingerprint density at radius 1 is 1.33 bits per heavy atom. The van der Waals surface area contributed by atoms with Crippen molar-refractivity contribution in [1.82, 2.24) is 5.32 Å². The summed E-state index contributed by atoms with van der Waals surface area (Å²) < 4.78 is 4.59. The van der Waals surface area contributed by atoms with Gasteiger partial charge in [-0.25, -0.2) is 0 Å². The van der Waals surface area contributed by atoms with Gasteiger partial charge in [-0.1, -0.05) is 12.1 Å². The Morgan fingerprint density at radius 2 is 2.06 bits per heavy atom. The van der Waals surface area contributed by atoms with Crippen molar-refractivity contribution in [2.24, 2.45) is 0 Å². The minimum atomic E-state index is -0.254. The third kappa shape index (κ3) is 2.76. The standard InChI is InChI=1S/C14H17NO3/c1-9(16)10-3-4-11-6-13(7-12(11)5-10)15-8-14(17)18-2/h3-5,13,15H,6-8H2,1-2H3. The Labute approximate surface area is 106 Å². The number of benzene rings is 1. The van der Waals surface area contributed by atoms with Crippen molar-refractivity contribution in [3.63, 3.8) is 0 Å². The summed E-state index contributed by atoms with van der Waals surface area (Å²) in [6, 6.07) is 6.08. The molecule has 0 saturated carbocycles. The quantitative estimate of drug-likeness (QED) is 0.640. The van der Waals surface area contributed by atoms with Crippen LogP contribution in [0.2, 0.25) is 0 Å². The number of hydrogen-bond acceptors (Lipinski definition) is 4. The highest BCUT2D eigenvalue weighted by atomic mass is 16.5. The molecule has 1 unspecified atom stereocenters. The number of nitrogens with one attached hydrogen (secondary N) is 1. The summed E-state index contributed by atoms with van der Waals surface area (Å²) in [6.07, 6.45) is 1.75. The fraction of sp³-hybridized carbons (Fsp3) is 0.429. The van der Waals surface area contributed by atoms with Gasteiger partial charge in [-0.15, -0.1) is 0 Å². The summed E-state index contributed by atoms with van der Waals surface area (Å²) in [5, 5.41) is 3.17. The van der Waals surface area contributed by atoms with Crippen LogP contribution in [0.15, 0.2) is 18.2 Å². The topological polar surface area (TPSA) is 55.4 Å². The van der Waals surface area contributed by atoms with Crippen molar-refractivity contribution in [3.05, 3.63) is 34.9 Å². The maximum atomic E-state index is 11.3. The molecular weight excluding hydrogens is 230 g/mol. The van der Waals surface area contributed by atoms with Crippen LogP contribution in [-0.4, -0.2) is 31.4 Å². The van der Waals surface area contributed by atoms with E-state index in [1.807, 2.05) is 18.2 Å². The Morgan fingerprint density at radius 3 is 2.72 bits per heavy atom. The number of methoxy groups -OCH3 is 1. The second-order valence-corrected chi connectivity index (χ2v) is 4.60. The summed E-state index contributed by atoms with van der Waals surface area (Å²) in [6.45, 7) is 1.80. The maximum Gasteiger partial charge on any atom is 0.319 e. The van der Waals surface area contributed by atoms with Gasteiger partial charge in [-0.05, 0) is 37.0 Å². The molecule has 0 aliphatic heterocycles. The minimum absolute atomic E-state index is 0.0868. The minimum Gasteiger partial charge on any atom is -0.468 e. The van der Waals surface area contributed by atoms with E-state index in [2.05, 4.69) is 10.1 Å². The van der Waals surface area contributed by atoms with Crippen LogP contribution in [0.5, 0.6) is 0 Å². The second kappa shape index (κ2) is 5.31. The largest absolute Gasteiger partial charge is 0.468 e. The number of esters is 1. The number of rotatable bonds is 4. The zero-order valence-corrected chi connectivity index (χ0v) is 10.7. The molecule has 0 amide bonds. The summed E-state index contributed by atoms with van der Waals surface area (Å²) in [7, 11) is 1.38. The highest BCUT2D eigenvalue weighted by Crippen LogP contribution is 2.23. The van der Waals surface area contributed by atoms with Crippen molar-refractivity contribution in [3.8, 4) is 0 Å². The number of hydrogen-bond donors (Lipinski definition) is 1. The first-order valence-electron chi connectivity index (χ1n) is 6.03. The van der Waals surface area contributed by atoms with Gasteiger partial charge in [-0.2, -0.15) is 0 Å². The second-order valence-electron chi connectivity index (χ2n) is 4.60. The van der Waals surface area contributed by atoms with Gasteiger partial charge in [0.05, 0.1) is 13.7 Å². The molecule has 1 atom stereocenters. The van der Waals surface area contributed by atoms with Gasteiger partial charge in [0.15, 0.2) is 5.78 Å². The molecule has 1 aliphatic rings. The first kappa shape index (κ1) is 12.8. The zero-order chi connectivity index (χ0) is 13.1. The molecule has 0 fully saturated rings. The van der Waals surface area contributed by atoms with Gasteiger partial charge in [-0.3, -0.25) is 9.59 Å². The lowest BCUT2D eigenvalue weighted by Gasteiger charge is -2.09. The van der Waals surface area contributed by atoms with Crippen LogP contribution >= 0.6 is 0 Å². The first-order chi connectivity index (χ1) is 8.60. The fourth-order valence-electron chi connectivity index (χ4n) is 2.28. The highest BCUT2D eigenvalue weighted by Gasteiger charge is 2.22. The van der Waals surface area contributed by atoms with E-state index in [9.17, 15) is 9.59 Å². The third-order valence-electron chi connectivity index (χ3n) is 3.31. The van der Waals surface area contributed by atoms with Crippen LogP contribution in [0, 0.1) is 0 Å². The van der Waals surface area contributed by atoms with E-state index in [-0.39, 0.29) is 24.3 Å². The average molecular weight is 247 g/mol. The molecule has 96 valence electrons. The van der Waals surface area contributed by atoms with E-state index >= 15 is 0 Å². The lowest BCUT2D eigenvalue weighted by Crippen LogP contribution is -2.34. The van der Waals surface area contributed by atoms with Crippen LogP contribution in [0.1, 0.15) is 28.4 Å². The Balaban J connectivity index is 1.99.